The van der Waals surface area contributed by atoms with Gasteiger partial charge in [0.05, 0.1) is 10.6 Å². The Morgan fingerprint density at radius 3 is 2.30 bits per heavy atom. The predicted octanol–water partition coefficient (Wildman–Crippen LogP) is 4.72. The molecular formula is C24H23ClN2O3. The van der Waals surface area contributed by atoms with Crippen LogP contribution >= 0.6 is 11.6 Å². The first kappa shape index (κ1) is 21.4. The number of carbonyl (C=O) groups is 2. The summed E-state index contributed by atoms with van der Waals surface area (Å²) in [6, 6.07) is 23.8. The monoisotopic (exact) mass is 422 g/mol. The van der Waals surface area contributed by atoms with Crippen LogP contribution in [-0.2, 0) is 11.2 Å². The molecule has 0 unspecified atom stereocenters. The molecule has 3 rings (SSSR count). The first-order valence-electron chi connectivity index (χ1n) is 9.71. The van der Waals surface area contributed by atoms with Gasteiger partial charge in [-0.25, -0.2) is 0 Å². The molecule has 0 radical (unpaired) electrons. The van der Waals surface area contributed by atoms with Gasteiger partial charge in [0.15, 0.2) is 6.61 Å². The lowest BCUT2D eigenvalue weighted by Crippen LogP contribution is -2.29. The normalized spacial score (nSPS) is 10.3. The Morgan fingerprint density at radius 1 is 0.867 bits per heavy atom. The van der Waals surface area contributed by atoms with Gasteiger partial charge in [0.25, 0.3) is 11.8 Å². The summed E-state index contributed by atoms with van der Waals surface area (Å²) >= 11 is 6.04. The Balaban J connectivity index is 1.38. The Bertz CT molecular complexity index is 975. The summed E-state index contributed by atoms with van der Waals surface area (Å²) in [4.78, 5) is 24.2. The maximum absolute atomic E-state index is 12.3. The SMILES string of the molecule is O=C(COc1ccc(NC(=O)c2ccccc2Cl)cc1)NCCCc1ccccc1. The van der Waals surface area contributed by atoms with Crippen molar-refractivity contribution in [3.05, 3.63) is 95.0 Å². The lowest BCUT2D eigenvalue weighted by atomic mass is 10.1. The van der Waals surface area contributed by atoms with E-state index in [1.165, 1.54) is 5.56 Å². The third-order valence-corrected chi connectivity index (χ3v) is 4.74. The van der Waals surface area contributed by atoms with E-state index >= 15 is 0 Å². The van der Waals surface area contributed by atoms with Crippen LogP contribution in [0.1, 0.15) is 22.3 Å². The third kappa shape index (κ3) is 6.64. The zero-order valence-corrected chi connectivity index (χ0v) is 17.2. The number of rotatable bonds is 9. The minimum absolute atomic E-state index is 0.0589. The van der Waals surface area contributed by atoms with E-state index in [1.807, 2.05) is 18.2 Å². The molecule has 0 saturated heterocycles. The number of halogens is 1. The molecular weight excluding hydrogens is 400 g/mol. The molecule has 2 amide bonds. The van der Waals surface area contributed by atoms with Crippen molar-refractivity contribution in [1.82, 2.24) is 5.32 Å². The number of anilines is 1. The van der Waals surface area contributed by atoms with E-state index in [9.17, 15) is 9.59 Å². The van der Waals surface area contributed by atoms with Gasteiger partial charge in [-0.05, 0) is 54.8 Å². The maximum atomic E-state index is 12.3. The first-order valence-corrected chi connectivity index (χ1v) is 10.1. The van der Waals surface area contributed by atoms with E-state index in [4.69, 9.17) is 16.3 Å². The van der Waals surface area contributed by atoms with E-state index in [2.05, 4.69) is 22.8 Å². The number of aryl methyl sites for hydroxylation is 1. The van der Waals surface area contributed by atoms with Crippen molar-refractivity contribution in [3.63, 3.8) is 0 Å². The molecule has 0 aliphatic rings. The van der Waals surface area contributed by atoms with E-state index in [1.54, 1.807) is 48.5 Å². The van der Waals surface area contributed by atoms with Crippen LogP contribution in [0.3, 0.4) is 0 Å². The average molecular weight is 423 g/mol. The molecule has 30 heavy (non-hydrogen) atoms. The molecule has 5 nitrogen and oxygen atoms in total. The summed E-state index contributed by atoms with van der Waals surface area (Å²) in [5.41, 5.74) is 2.27. The van der Waals surface area contributed by atoms with Crippen molar-refractivity contribution >= 4 is 29.1 Å². The number of hydrogen-bond donors (Lipinski definition) is 2. The summed E-state index contributed by atoms with van der Waals surface area (Å²) in [6.07, 6.45) is 1.79. The second kappa shape index (κ2) is 11.0. The van der Waals surface area contributed by atoms with Crippen molar-refractivity contribution in [1.29, 1.82) is 0 Å². The minimum atomic E-state index is -0.288. The Labute approximate surface area is 181 Å². The third-order valence-electron chi connectivity index (χ3n) is 4.41. The second-order valence-electron chi connectivity index (χ2n) is 6.69. The van der Waals surface area contributed by atoms with E-state index in [0.29, 0.717) is 28.6 Å². The van der Waals surface area contributed by atoms with Gasteiger partial charge < -0.3 is 15.4 Å². The number of carbonyl (C=O) groups excluding carboxylic acids is 2. The van der Waals surface area contributed by atoms with Crippen LogP contribution < -0.4 is 15.4 Å². The average Bonchev–Trinajstić information content (AvgIpc) is 2.77. The predicted molar refractivity (Wildman–Crippen MR) is 119 cm³/mol. The number of benzene rings is 3. The van der Waals surface area contributed by atoms with Crippen LogP contribution in [0.25, 0.3) is 0 Å². The summed E-state index contributed by atoms with van der Waals surface area (Å²) in [7, 11) is 0. The van der Waals surface area contributed by atoms with Crippen molar-refractivity contribution < 1.29 is 14.3 Å². The topological polar surface area (TPSA) is 67.4 Å². The number of amides is 2. The molecule has 0 heterocycles. The van der Waals surface area contributed by atoms with Crippen LogP contribution in [0.2, 0.25) is 5.02 Å². The van der Waals surface area contributed by atoms with Crippen molar-refractivity contribution in [2.75, 3.05) is 18.5 Å². The molecule has 0 bridgehead atoms. The fourth-order valence-corrected chi connectivity index (χ4v) is 3.06. The first-order chi connectivity index (χ1) is 14.6. The smallest absolute Gasteiger partial charge is 0.257 e. The quantitative estimate of drug-likeness (QED) is 0.490. The fraction of sp³-hybridized carbons (Fsp3) is 0.167. The number of hydrogen-bond acceptors (Lipinski definition) is 3. The molecule has 3 aromatic rings. The molecule has 0 saturated carbocycles. The van der Waals surface area contributed by atoms with Gasteiger partial charge in [0, 0.05) is 12.2 Å². The molecule has 0 aromatic heterocycles. The lowest BCUT2D eigenvalue weighted by Gasteiger charge is -2.09. The van der Waals surface area contributed by atoms with Gasteiger partial charge in [-0.1, -0.05) is 54.1 Å². The van der Waals surface area contributed by atoms with Crippen molar-refractivity contribution in [2.24, 2.45) is 0 Å². The highest BCUT2D eigenvalue weighted by molar-refractivity contribution is 6.34. The Morgan fingerprint density at radius 2 is 1.57 bits per heavy atom. The number of ether oxygens (including phenoxy) is 1. The summed E-state index contributed by atoms with van der Waals surface area (Å²) in [6.45, 7) is 0.542. The Kier molecular flexibility index (Phi) is 7.86. The summed E-state index contributed by atoms with van der Waals surface area (Å²) < 4.78 is 5.50. The van der Waals surface area contributed by atoms with Crippen LogP contribution in [0, 0.1) is 0 Å². The van der Waals surface area contributed by atoms with Gasteiger partial charge in [-0.2, -0.15) is 0 Å². The lowest BCUT2D eigenvalue weighted by molar-refractivity contribution is -0.123. The van der Waals surface area contributed by atoms with Crippen LogP contribution in [-0.4, -0.2) is 25.0 Å². The van der Waals surface area contributed by atoms with Gasteiger partial charge in [0.2, 0.25) is 0 Å². The van der Waals surface area contributed by atoms with E-state index in [-0.39, 0.29) is 18.4 Å². The molecule has 0 aliphatic heterocycles. The molecule has 0 fully saturated rings. The summed E-state index contributed by atoms with van der Waals surface area (Å²) in [5.74, 6) is 0.0912. The maximum Gasteiger partial charge on any atom is 0.257 e. The second-order valence-corrected chi connectivity index (χ2v) is 7.09. The van der Waals surface area contributed by atoms with Gasteiger partial charge >= 0.3 is 0 Å². The Hall–Kier alpha value is -3.31. The van der Waals surface area contributed by atoms with Gasteiger partial charge in [-0.15, -0.1) is 0 Å². The zero-order valence-electron chi connectivity index (χ0n) is 16.4. The van der Waals surface area contributed by atoms with Gasteiger partial charge in [0.1, 0.15) is 5.75 Å². The van der Waals surface area contributed by atoms with E-state index in [0.717, 1.165) is 12.8 Å². The summed E-state index contributed by atoms with van der Waals surface area (Å²) in [5, 5.41) is 6.02. The minimum Gasteiger partial charge on any atom is -0.484 e. The molecule has 3 aromatic carbocycles. The van der Waals surface area contributed by atoms with Gasteiger partial charge in [-0.3, -0.25) is 9.59 Å². The van der Waals surface area contributed by atoms with Crippen LogP contribution in [0.5, 0.6) is 5.75 Å². The molecule has 2 N–H and O–H groups in total. The van der Waals surface area contributed by atoms with Crippen molar-refractivity contribution in [2.45, 2.75) is 12.8 Å². The highest BCUT2D eigenvalue weighted by Crippen LogP contribution is 2.19. The largest absolute Gasteiger partial charge is 0.484 e. The number of nitrogens with one attached hydrogen (secondary N) is 2. The van der Waals surface area contributed by atoms with E-state index < -0.39 is 0 Å². The molecule has 0 aliphatic carbocycles. The standard InChI is InChI=1S/C24H23ClN2O3/c25-22-11-5-4-10-21(22)24(29)27-19-12-14-20(15-13-19)30-17-23(28)26-16-6-9-18-7-2-1-3-8-18/h1-5,7-8,10-15H,6,9,16-17H2,(H,26,28)(H,27,29). The zero-order chi connectivity index (χ0) is 21.2. The highest BCUT2D eigenvalue weighted by atomic mass is 35.5. The highest BCUT2D eigenvalue weighted by Gasteiger charge is 2.10. The fourth-order valence-electron chi connectivity index (χ4n) is 2.84. The molecule has 0 spiro atoms. The van der Waals surface area contributed by atoms with Crippen LogP contribution in [0.4, 0.5) is 5.69 Å². The van der Waals surface area contributed by atoms with Crippen LogP contribution in [0.15, 0.2) is 78.9 Å². The molecule has 0 atom stereocenters. The molecule has 154 valence electrons. The van der Waals surface area contributed by atoms with Crippen molar-refractivity contribution in [3.8, 4) is 5.75 Å². The molecule has 6 heteroatoms.